The summed E-state index contributed by atoms with van der Waals surface area (Å²) in [5.41, 5.74) is 0.795. The molecule has 0 spiro atoms. The van der Waals surface area contributed by atoms with Gasteiger partial charge in [0.15, 0.2) is 0 Å². The topological polar surface area (TPSA) is 99.7 Å². The van der Waals surface area contributed by atoms with E-state index in [2.05, 4.69) is 30.4 Å². The van der Waals surface area contributed by atoms with Crippen molar-refractivity contribution in [1.29, 1.82) is 0 Å². The normalized spacial score (nSPS) is 24.0. The summed E-state index contributed by atoms with van der Waals surface area (Å²) in [4.78, 5) is 36.4. The lowest BCUT2D eigenvalue weighted by atomic mass is 10.0. The summed E-state index contributed by atoms with van der Waals surface area (Å²) in [7, 11) is 0. The van der Waals surface area contributed by atoms with Gasteiger partial charge in [-0.1, -0.05) is 0 Å². The number of carbonyl (C=O) groups excluding carboxylic acids is 2. The van der Waals surface area contributed by atoms with Crippen LogP contribution in [0.25, 0.3) is 6.08 Å². The molecule has 0 aliphatic carbocycles. The number of urea groups is 1. The van der Waals surface area contributed by atoms with Crippen LogP contribution in [0.4, 0.5) is 10.7 Å². The van der Waals surface area contributed by atoms with E-state index in [1.807, 2.05) is 0 Å². The van der Waals surface area contributed by atoms with Crippen molar-refractivity contribution in [3.05, 3.63) is 23.7 Å². The Bertz CT molecular complexity index is 723. The molecule has 0 aromatic carbocycles. The van der Waals surface area contributed by atoms with Crippen LogP contribution in [0.3, 0.4) is 0 Å². The van der Waals surface area contributed by atoms with E-state index >= 15 is 0 Å². The first kappa shape index (κ1) is 16.9. The Morgan fingerprint density at radius 2 is 1.88 bits per heavy atom. The predicted octanol–water partition coefficient (Wildman–Crippen LogP) is -0.0421. The average molecular weight is 358 g/mol. The van der Waals surface area contributed by atoms with Crippen LogP contribution in [0.5, 0.6) is 0 Å². The number of anilines is 1. The standard InChI is InChI=1S/C17H22N6O3/c24-15-14(20-17(25)21-15)11-12-1-4-18-16(19-12)23-5-2-13(3-6-23)22-7-9-26-10-8-22/h1,4,11,13H,2-3,5-10H2,(H2,20,21,24,25)/b14-11-. The summed E-state index contributed by atoms with van der Waals surface area (Å²) in [5.74, 6) is 0.214. The van der Waals surface area contributed by atoms with E-state index in [1.54, 1.807) is 18.3 Å². The third-order valence-electron chi connectivity index (χ3n) is 4.99. The minimum absolute atomic E-state index is 0.200. The number of ether oxygens (including phenoxy) is 1. The molecular formula is C17H22N6O3. The number of nitrogens with zero attached hydrogens (tertiary/aromatic N) is 4. The lowest BCUT2D eigenvalue weighted by molar-refractivity contribution is -0.115. The summed E-state index contributed by atoms with van der Waals surface area (Å²) in [6, 6.07) is 1.80. The molecule has 3 fully saturated rings. The van der Waals surface area contributed by atoms with Crippen LogP contribution < -0.4 is 15.5 Å². The summed E-state index contributed by atoms with van der Waals surface area (Å²) in [5, 5.41) is 4.64. The largest absolute Gasteiger partial charge is 0.379 e. The average Bonchev–Trinajstić information content (AvgIpc) is 3.00. The van der Waals surface area contributed by atoms with E-state index in [9.17, 15) is 9.59 Å². The lowest BCUT2D eigenvalue weighted by Crippen LogP contribution is -2.49. The smallest absolute Gasteiger partial charge is 0.326 e. The quantitative estimate of drug-likeness (QED) is 0.578. The number of carbonyl (C=O) groups is 2. The van der Waals surface area contributed by atoms with Crippen LogP contribution in [-0.4, -0.2) is 72.2 Å². The zero-order valence-electron chi connectivity index (χ0n) is 14.5. The highest BCUT2D eigenvalue weighted by atomic mass is 16.5. The Kier molecular flexibility index (Phi) is 4.81. The molecule has 3 saturated heterocycles. The van der Waals surface area contributed by atoms with E-state index in [1.165, 1.54) is 0 Å². The van der Waals surface area contributed by atoms with Gasteiger partial charge in [-0.15, -0.1) is 0 Å². The van der Waals surface area contributed by atoms with Gasteiger partial charge in [0.05, 0.1) is 18.9 Å². The molecule has 0 unspecified atom stereocenters. The molecule has 0 atom stereocenters. The maximum Gasteiger partial charge on any atom is 0.326 e. The number of nitrogens with one attached hydrogen (secondary N) is 2. The maximum atomic E-state index is 11.6. The van der Waals surface area contributed by atoms with Crippen molar-refractivity contribution >= 4 is 24.0 Å². The van der Waals surface area contributed by atoms with Crippen molar-refractivity contribution in [3.63, 3.8) is 0 Å². The number of imide groups is 1. The Balaban J connectivity index is 1.40. The molecule has 0 bridgehead atoms. The first-order valence-corrected chi connectivity index (χ1v) is 8.93. The molecule has 9 heteroatoms. The van der Waals surface area contributed by atoms with Crippen molar-refractivity contribution in [3.8, 4) is 0 Å². The highest BCUT2D eigenvalue weighted by molar-refractivity contribution is 6.13. The zero-order valence-corrected chi connectivity index (χ0v) is 14.5. The Hall–Kier alpha value is -2.52. The molecule has 138 valence electrons. The number of morpholine rings is 1. The number of aromatic nitrogens is 2. The van der Waals surface area contributed by atoms with Gasteiger partial charge in [-0.2, -0.15) is 0 Å². The van der Waals surface area contributed by atoms with Crippen LogP contribution in [0, 0.1) is 0 Å². The monoisotopic (exact) mass is 358 g/mol. The number of rotatable bonds is 3. The van der Waals surface area contributed by atoms with Crippen molar-refractivity contribution in [2.24, 2.45) is 0 Å². The molecule has 26 heavy (non-hydrogen) atoms. The van der Waals surface area contributed by atoms with E-state index in [4.69, 9.17) is 4.74 Å². The van der Waals surface area contributed by atoms with Crippen LogP contribution in [0.1, 0.15) is 18.5 Å². The highest BCUT2D eigenvalue weighted by Gasteiger charge is 2.27. The molecule has 3 amide bonds. The van der Waals surface area contributed by atoms with E-state index in [-0.39, 0.29) is 5.70 Å². The molecule has 4 heterocycles. The van der Waals surface area contributed by atoms with Gasteiger partial charge in [-0.25, -0.2) is 14.8 Å². The maximum absolute atomic E-state index is 11.6. The van der Waals surface area contributed by atoms with Gasteiger partial charge < -0.3 is 15.0 Å². The molecule has 4 rings (SSSR count). The Labute approximate surface area is 151 Å². The van der Waals surface area contributed by atoms with Gasteiger partial charge in [0.25, 0.3) is 5.91 Å². The fraction of sp³-hybridized carbons (Fsp3) is 0.529. The third-order valence-corrected chi connectivity index (χ3v) is 4.99. The number of hydrogen-bond acceptors (Lipinski definition) is 7. The second-order valence-electron chi connectivity index (χ2n) is 6.61. The summed E-state index contributed by atoms with van der Waals surface area (Å²) < 4.78 is 5.43. The van der Waals surface area contributed by atoms with Crippen LogP contribution in [0.2, 0.25) is 0 Å². The molecule has 1 aromatic heterocycles. The predicted molar refractivity (Wildman–Crippen MR) is 94.3 cm³/mol. The molecule has 3 aliphatic rings. The fourth-order valence-corrected chi connectivity index (χ4v) is 3.60. The van der Waals surface area contributed by atoms with Gasteiger partial charge >= 0.3 is 6.03 Å². The number of amides is 3. The molecule has 9 nitrogen and oxygen atoms in total. The van der Waals surface area contributed by atoms with Gasteiger partial charge in [-0.3, -0.25) is 15.0 Å². The molecule has 0 radical (unpaired) electrons. The van der Waals surface area contributed by atoms with E-state index in [0.717, 1.165) is 52.2 Å². The molecule has 3 aliphatic heterocycles. The van der Waals surface area contributed by atoms with Crippen LogP contribution >= 0.6 is 0 Å². The first-order chi connectivity index (χ1) is 12.7. The Morgan fingerprint density at radius 1 is 1.12 bits per heavy atom. The van der Waals surface area contributed by atoms with E-state index < -0.39 is 11.9 Å². The lowest BCUT2D eigenvalue weighted by Gasteiger charge is -2.40. The SMILES string of the molecule is O=C1NC(=O)/C(=C/c2ccnc(N3CCC(N4CCOCC4)CC3)n2)N1. The van der Waals surface area contributed by atoms with Gasteiger partial charge in [0, 0.05) is 38.4 Å². The summed E-state index contributed by atoms with van der Waals surface area (Å²) >= 11 is 0. The summed E-state index contributed by atoms with van der Waals surface area (Å²) in [6.07, 6.45) is 5.39. The van der Waals surface area contributed by atoms with E-state index in [0.29, 0.717) is 17.7 Å². The second kappa shape index (κ2) is 7.38. The van der Waals surface area contributed by atoms with Crippen molar-refractivity contribution in [2.45, 2.75) is 18.9 Å². The van der Waals surface area contributed by atoms with Crippen LogP contribution in [0.15, 0.2) is 18.0 Å². The van der Waals surface area contributed by atoms with Crippen LogP contribution in [-0.2, 0) is 9.53 Å². The zero-order chi connectivity index (χ0) is 17.9. The minimum Gasteiger partial charge on any atom is -0.379 e. The first-order valence-electron chi connectivity index (χ1n) is 8.93. The second-order valence-corrected chi connectivity index (χ2v) is 6.61. The summed E-state index contributed by atoms with van der Waals surface area (Å²) in [6.45, 7) is 5.48. The van der Waals surface area contributed by atoms with Gasteiger partial charge in [-0.05, 0) is 25.0 Å². The Morgan fingerprint density at radius 3 is 2.58 bits per heavy atom. The third kappa shape index (κ3) is 3.68. The fourth-order valence-electron chi connectivity index (χ4n) is 3.60. The number of hydrogen-bond donors (Lipinski definition) is 2. The molecular weight excluding hydrogens is 336 g/mol. The van der Waals surface area contributed by atoms with Crippen molar-refractivity contribution in [1.82, 2.24) is 25.5 Å². The molecule has 1 aromatic rings. The minimum atomic E-state index is -0.513. The number of piperidine rings is 1. The van der Waals surface area contributed by atoms with Crippen molar-refractivity contribution in [2.75, 3.05) is 44.3 Å². The molecule has 2 N–H and O–H groups in total. The highest BCUT2D eigenvalue weighted by Crippen LogP contribution is 2.21. The van der Waals surface area contributed by atoms with Gasteiger partial charge in [0.1, 0.15) is 5.70 Å². The van der Waals surface area contributed by atoms with Gasteiger partial charge in [0.2, 0.25) is 5.95 Å². The molecule has 0 saturated carbocycles. The van der Waals surface area contributed by atoms with Crippen molar-refractivity contribution < 1.29 is 14.3 Å².